The molecule has 2 aromatic rings. The number of aromatic nitrogens is 3. The molecule has 3 N–H and O–H groups in total. The Kier molecular flexibility index (Phi) is 1.09. The second-order valence-corrected chi connectivity index (χ2v) is 2.47. The SMILES string of the molecule is Cc1c(N)nc[n+]2cc[nH]c12. The lowest BCUT2D eigenvalue weighted by atomic mass is 10.3. The Morgan fingerprint density at radius 1 is 1.64 bits per heavy atom. The number of rotatable bonds is 0. The van der Waals surface area contributed by atoms with Crippen molar-refractivity contribution in [3.05, 3.63) is 24.3 Å². The predicted molar refractivity (Wildman–Crippen MR) is 40.9 cm³/mol. The highest BCUT2D eigenvalue weighted by atomic mass is 15.0. The number of aromatic amines is 1. The topological polar surface area (TPSA) is 58.8 Å². The zero-order valence-corrected chi connectivity index (χ0v) is 6.20. The van der Waals surface area contributed by atoms with Crippen molar-refractivity contribution in [2.75, 3.05) is 5.73 Å². The van der Waals surface area contributed by atoms with Gasteiger partial charge in [-0.3, -0.25) is 4.98 Å². The second-order valence-electron chi connectivity index (χ2n) is 2.47. The van der Waals surface area contributed by atoms with Crippen LogP contribution in [0, 0.1) is 6.92 Å². The monoisotopic (exact) mass is 149 g/mol. The highest BCUT2D eigenvalue weighted by molar-refractivity contribution is 5.51. The Labute approximate surface area is 63.7 Å². The lowest BCUT2D eigenvalue weighted by molar-refractivity contribution is -0.513. The van der Waals surface area contributed by atoms with Gasteiger partial charge < -0.3 is 5.73 Å². The summed E-state index contributed by atoms with van der Waals surface area (Å²) in [5.74, 6) is 0.576. The third-order valence-corrected chi connectivity index (χ3v) is 1.77. The van der Waals surface area contributed by atoms with E-state index in [9.17, 15) is 0 Å². The summed E-state index contributed by atoms with van der Waals surface area (Å²) >= 11 is 0. The molecule has 0 unspecified atom stereocenters. The average Bonchev–Trinajstić information content (AvgIpc) is 2.45. The maximum absolute atomic E-state index is 5.60. The molecule has 0 amide bonds. The molecule has 0 aliphatic rings. The summed E-state index contributed by atoms with van der Waals surface area (Å²) in [5.41, 5.74) is 7.58. The van der Waals surface area contributed by atoms with Gasteiger partial charge >= 0.3 is 0 Å². The van der Waals surface area contributed by atoms with Crippen LogP contribution in [0.1, 0.15) is 5.56 Å². The maximum Gasteiger partial charge on any atom is 0.238 e. The van der Waals surface area contributed by atoms with E-state index in [4.69, 9.17) is 5.73 Å². The Morgan fingerprint density at radius 3 is 3.27 bits per heavy atom. The molecule has 2 aromatic heterocycles. The summed E-state index contributed by atoms with van der Waals surface area (Å²) in [7, 11) is 0. The molecule has 0 spiro atoms. The van der Waals surface area contributed by atoms with Crippen LogP contribution >= 0.6 is 0 Å². The number of hydrogen-bond acceptors (Lipinski definition) is 2. The van der Waals surface area contributed by atoms with Crippen LogP contribution in [0.4, 0.5) is 5.82 Å². The Morgan fingerprint density at radius 2 is 2.45 bits per heavy atom. The molecule has 2 rings (SSSR count). The number of aryl methyl sites for hydroxylation is 1. The summed E-state index contributed by atoms with van der Waals surface area (Å²) < 4.78 is 1.89. The fourth-order valence-electron chi connectivity index (χ4n) is 1.09. The van der Waals surface area contributed by atoms with Gasteiger partial charge in [-0.25, -0.2) is 4.40 Å². The van der Waals surface area contributed by atoms with E-state index in [0.717, 1.165) is 11.2 Å². The van der Waals surface area contributed by atoms with Crippen molar-refractivity contribution in [1.82, 2.24) is 9.97 Å². The van der Waals surface area contributed by atoms with E-state index in [0.29, 0.717) is 5.82 Å². The number of anilines is 1. The Balaban J connectivity index is 2.93. The lowest BCUT2D eigenvalue weighted by Crippen LogP contribution is -2.20. The summed E-state index contributed by atoms with van der Waals surface area (Å²) in [5, 5.41) is 0. The van der Waals surface area contributed by atoms with Crippen LogP contribution in [0.3, 0.4) is 0 Å². The first-order valence-electron chi connectivity index (χ1n) is 3.38. The molecule has 0 radical (unpaired) electrons. The molecule has 0 bridgehead atoms. The van der Waals surface area contributed by atoms with Crippen molar-refractivity contribution in [3.63, 3.8) is 0 Å². The third kappa shape index (κ3) is 0.756. The van der Waals surface area contributed by atoms with Crippen molar-refractivity contribution in [2.45, 2.75) is 6.92 Å². The molecule has 4 heteroatoms. The lowest BCUT2D eigenvalue weighted by Gasteiger charge is -1.91. The quantitative estimate of drug-likeness (QED) is 0.519. The van der Waals surface area contributed by atoms with Crippen LogP contribution in [-0.2, 0) is 0 Å². The van der Waals surface area contributed by atoms with Crippen LogP contribution in [0.5, 0.6) is 0 Å². The van der Waals surface area contributed by atoms with Gasteiger partial charge in [-0.2, -0.15) is 0 Å². The molecule has 56 valence electrons. The van der Waals surface area contributed by atoms with E-state index in [1.165, 1.54) is 0 Å². The van der Waals surface area contributed by atoms with Crippen LogP contribution < -0.4 is 10.1 Å². The smallest absolute Gasteiger partial charge is 0.238 e. The van der Waals surface area contributed by atoms with E-state index in [2.05, 4.69) is 9.97 Å². The predicted octanol–water partition coefficient (Wildman–Crippen LogP) is 0.0390. The fourth-order valence-corrected chi connectivity index (χ4v) is 1.09. The highest BCUT2D eigenvalue weighted by Crippen LogP contribution is 2.06. The molecular formula is C7H9N4+. The van der Waals surface area contributed by atoms with E-state index >= 15 is 0 Å². The minimum absolute atomic E-state index is 0.576. The molecule has 0 saturated heterocycles. The largest absolute Gasteiger partial charge is 0.370 e. The third-order valence-electron chi connectivity index (χ3n) is 1.77. The zero-order valence-electron chi connectivity index (χ0n) is 6.20. The Bertz CT molecular complexity index is 390. The summed E-state index contributed by atoms with van der Waals surface area (Å²) in [6.45, 7) is 1.94. The second kappa shape index (κ2) is 1.95. The zero-order chi connectivity index (χ0) is 7.84. The highest BCUT2D eigenvalue weighted by Gasteiger charge is 2.07. The molecule has 0 atom stereocenters. The van der Waals surface area contributed by atoms with Gasteiger partial charge in [-0.05, 0) is 6.92 Å². The molecule has 11 heavy (non-hydrogen) atoms. The van der Waals surface area contributed by atoms with Crippen LogP contribution in [0.15, 0.2) is 18.7 Å². The van der Waals surface area contributed by atoms with Crippen molar-refractivity contribution < 1.29 is 4.40 Å². The standard InChI is InChI=1S/C7H8N4/c1-5-6(8)10-4-11-3-2-9-7(5)11/h2-4H,1H3,(H2,8,9)/p+1. The fraction of sp³-hybridized carbons (Fsp3) is 0.143. The molecule has 4 nitrogen and oxygen atoms in total. The number of hydrogen-bond donors (Lipinski definition) is 2. The first kappa shape index (κ1) is 6.15. The molecule has 0 aromatic carbocycles. The number of nitrogens with two attached hydrogens (primary N) is 1. The van der Waals surface area contributed by atoms with Crippen molar-refractivity contribution in [3.8, 4) is 0 Å². The molecule has 0 aliphatic heterocycles. The first-order valence-corrected chi connectivity index (χ1v) is 3.38. The van der Waals surface area contributed by atoms with Crippen LogP contribution in [0.25, 0.3) is 5.65 Å². The summed E-state index contributed by atoms with van der Waals surface area (Å²) in [6.07, 6.45) is 5.44. The van der Waals surface area contributed by atoms with Crippen molar-refractivity contribution in [2.24, 2.45) is 0 Å². The van der Waals surface area contributed by atoms with Gasteiger partial charge in [0.15, 0.2) is 0 Å². The van der Waals surface area contributed by atoms with Gasteiger partial charge in [-0.1, -0.05) is 4.98 Å². The number of nitrogens with one attached hydrogen (secondary N) is 1. The van der Waals surface area contributed by atoms with E-state index in [1.807, 2.05) is 23.7 Å². The normalized spacial score (nSPS) is 10.6. The number of nitrogen functional groups attached to an aromatic ring is 1. The number of nitrogens with zero attached hydrogens (tertiary/aromatic N) is 2. The van der Waals surface area contributed by atoms with Gasteiger partial charge in [0, 0.05) is 0 Å². The Hall–Kier alpha value is -1.58. The number of H-pyrrole nitrogens is 1. The summed E-state index contributed by atoms with van der Waals surface area (Å²) in [4.78, 5) is 7.07. The van der Waals surface area contributed by atoms with Crippen molar-refractivity contribution >= 4 is 11.5 Å². The minimum atomic E-state index is 0.576. The average molecular weight is 149 g/mol. The molecule has 0 saturated carbocycles. The molecule has 0 aliphatic carbocycles. The first-order chi connectivity index (χ1) is 5.29. The number of imidazole rings is 1. The van der Waals surface area contributed by atoms with E-state index in [1.54, 1.807) is 6.33 Å². The van der Waals surface area contributed by atoms with E-state index < -0.39 is 0 Å². The molecule has 0 fully saturated rings. The van der Waals surface area contributed by atoms with Gasteiger partial charge in [0.1, 0.15) is 6.20 Å². The van der Waals surface area contributed by atoms with Crippen LogP contribution in [0.2, 0.25) is 0 Å². The molecule has 2 heterocycles. The van der Waals surface area contributed by atoms with E-state index in [-0.39, 0.29) is 0 Å². The summed E-state index contributed by atoms with van der Waals surface area (Å²) in [6, 6.07) is 0. The van der Waals surface area contributed by atoms with Crippen LogP contribution in [-0.4, -0.2) is 9.97 Å². The van der Waals surface area contributed by atoms with Gasteiger partial charge in [-0.15, -0.1) is 0 Å². The molecular weight excluding hydrogens is 140 g/mol. The van der Waals surface area contributed by atoms with Crippen molar-refractivity contribution in [1.29, 1.82) is 0 Å². The van der Waals surface area contributed by atoms with Gasteiger partial charge in [0.05, 0.1) is 11.8 Å². The minimum Gasteiger partial charge on any atom is -0.370 e. The van der Waals surface area contributed by atoms with Gasteiger partial charge in [0.25, 0.3) is 0 Å². The van der Waals surface area contributed by atoms with Gasteiger partial charge in [0.2, 0.25) is 17.8 Å². The maximum atomic E-state index is 5.60. The number of fused-ring (bicyclic) bond motifs is 1.